The number of H-pyrrole nitrogens is 1. The quantitative estimate of drug-likeness (QED) is 0.225. The zero-order valence-electron chi connectivity index (χ0n) is 20.3. The molecule has 11 heteroatoms. The predicted octanol–water partition coefficient (Wildman–Crippen LogP) is 4.57. The van der Waals surface area contributed by atoms with Crippen LogP contribution in [-0.2, 0) is 6.42 Å². The van der Waals surface area contributed by atoms with Crippen LogP contribution in [0.3, 0.4) is 0 Å². The van der Waals surface area contributed by atoms with E-state index in [-0.39, 0.29) is 5.56 Å². The Hall–Kier alpha value is -5.09. The van der Waals surface area contributed by atoms with Crippen molar-refractivity contribution in [1.82, 2.24) is 30.2 Å². The molecule has 0 amide bonds. The van der Waals surface area contributed by atoms with Crippen molar-refractivity contribution in [3.05, 3.63) is 124 Å². The molecule has 3 aromatic heterocycles. The Morgan fingerprint density at radius 2 is 1.92 bits per heavy atom. The molecular formula is C28H20ClN7O3. The number of carboxylic acids is 1. The lowest BCUT2D eigenvalue weighted by molar-refractivity contribution is -0.614. The number of carbonyl (C=O) groups is 1. The highest BCUT2D eigenvalue weighted by atomic mass is 35.5. The average molecular weight is 538 g/mol. The van der Waals surface area contributed by atoms with Crippen LogP contribution in [-0.4, -0.2) is 41.3 Å². The van der Waals surface area contributed by atoms with Crippen molar-refractivity contribution < 1.29 is 14.6 Å². The summed E-state index contributed by atoms with van der Waals surface area (Å²) in [6.45, 7) is 0. The summed E-state index contributed by atoms with van der Waals surface area (Å²) in [5.74, 6) is -0.902. The predicted molar refractivity (Wildman–Crippen MR) is 144 cm³/mol. The maximum absolute atomic E-state index is 13.6. The molecule has 0 radical (unpaired) electrons. The van der Waals surface area contributed by atoms with E-state index in [9.17, 15) is 15.1 Å². The summed E-state index contributed by atoms with van der Waals surface area (Å²) in [5.41, 5.74) is 4.84. The fraction of sp³-hybridized carbons (Fsp3) is 0.0714. The fourth-order valence-electron chi connectivity index (χ4n) is 4.65. The third-order valence-corrected chi connectivity index (χ3v) is 6.76. The number of nitrogens with zero attached hydrogens (tertiary/aromatic N) is 6. The number of aromatic nitrogens is 7. The van der Waals surface area contributed by atoms with Gasteiger partial charge in [0.15, 0.2) is 6.20 Å². The average Bonchev–Trinajstić information content (AvgIpc) is 3.62. The smallest absolute Gasteiger partial charge is 0.335 e. The topological polar surface area (TPSA) is 137 Å². The number of aromatic carboxylic acids is 1. The first-order valence-electron chi connectivity index (χ1n) is 12.0. The van der Waals surface area contributed by atoms with Crippen LogP contribution in [0.4, 0.5) is 0 Å². The van der Waals surface area contributed by atoms with E-state index in [1.54, 1.807) is 30.3 Å². The lowest BCUT2D eigenvalue weighted by Crippen LogP contribution is -2.34. The van der Waals surface area contributed by atoms with Crippen LogP contribution >= 0.6 is 11.6 Å². The molecule has 0 saturated carbocycles. The van der Waals surface area contributed by atoms with Crippen LogP contribution in [0.1, 0.15) is 33.4 Å². The largest absolute Gasteiger partial charge is 0.618 e. The molecule has 10 nitrogen and oxygen atoms in total. The molecule has 6 rings (SSSR count). The highest BCUT2D eigenvalue weighted by Crippen LogP contribution is 2.31. The summed E-state index contributed by atoms with van der Waals surface area (Å²) in [5, 5.41) is 34.9. The number of imidazole rings is 1. The summed E-state index contributed by atoms with van der Waals surface area (Å²) >= 11 is 6.29. The van der Waals surface area contributed by atoms with E-state index in [1.807, 2.05) is 36.4 Å². The Bertz CT molecular complexity index is 1800. The van der Waals surface area contributed by atoms with Crippen LogP contribution in [0.2, 0.25) is 5.02 Å². The number of aromatic amines is 1. The van der Waals surface area contributed by atoms with Crippen LogP contribution in [0.15, 0.2) is 91.4 Å². The van der Waals surface area contributed by atoms with Crippen LogP contribution < -0.4 is 4.73 Å². The zero-order chi connectivity index (χ0) is 26.9. The van der Waals surface area contributed by atoms with Gasteiger partial charge in [-0.25, -0.2) is 9.78 Å². The highest BCUT2D eigenvalue weighted by Gasteiger charge is 2.27. The van der Waals surface area contributed by atoms with Crippen LogP contribution in [0, 0.1) is 5.21 Å². The summed E-state index contributed by atoms with van der Waals surface area (Å²) in [6.07, 6.45) is 3.47. The minimum atomic E-state index is -1.03. The number of benzene rings is 3. The molecule has 3 heterocycles. The van der Waals surface area contributed by atoms with E-state index in [4.69, 9.17) is 16.6 Å². The van der Waals surface area contributed by atoms with Crippen LogP contribution in [0.5, 0.6) is 0 Å². The standard InChI is InChI=1S/C28H20ClN7O3/c29-20-8-11-25(35-16-30-33-34-35)21(14-20)19-7-10-26(36(39)15-19)22(12-17-4-2-1-3-5-17)27-31-23-9-6-18(28(37)38)13-24(23)32-27/h1-11,13-16,22H,12H2,(H,31,32)(H,37,38)/t22-/m1/s1. The Kier molecular flexibility index (Phi) is 6.22. The number of carboxylic acid groups (broad SMARTS) is 1. The number of tetrazole rings is 1. The molecule has 0 unspecified atom stereocenters. The molecule has 1 atom stereocenters. The monoisotopic (exact) mass is 537 g/mol. The van der Waals surface area contributed by atoms with E-state index in [1.165, 1.54) is 29.3 Å². The first-order valence-corrected chi connectivity index (χ1v) is 12.4. The molecule has 6 aromatic rings. The van der Waals surface area contributed by atoms with E-state index in [0.717, 1.165) is 10.3 Å². The van der Waals surface area contributed by atoms with Gasteiger partial charge in [-0.1, -0.05) is 41.9 Å². The highest BCUT2D eigenvalue weighted by molar-refractivity contribution is 6.31. The van der Waals surface area contributed by atoms with Gasteiger partial charge >= 0.3 is 5.97 Å². The molecule has 0 aliphatic carbocycles. The molecule has 3 aromatic carbocycles. The second-order valence-corrected chi connectivity index (χ2v) is 9.42. The Labute approximate surface area is 226 Å². The number of pyridine rings is 1. The fourth-order valence-corrected chi connectivity index (χ4v) is 4.82. The van der Waals surface area contributed by atoms with E-state index in [0.29, 0.717) is 50.8 Å². The molecule has 0 saturated heterocycles. The summed E-state index contributed by atoms with van der Waals surface area (Å²) in [6, 6.07) is 23.4. The Balaban J connectivity index is 1.45. The van der Waals surface area contributed by atoms with Gasteiger partial charge in [0.25, 0.3) is 0 Å². The second-order valence-electron chi connectivity index (χ2n) is 8.99. The molecular weight excluding hydrogens is 518 g/mol. The molecule has 0 bridgehead atoms. The lowest BCUT2D eigenvalue weighted by Gasteiger charge is -2.16. The maximum Gasteiger partial charge on any atom is 0.335 e. The molecule has 39 heavy (non-hydrogen) atoms. The van der Waals surface area contributed by atoms with E-state index >= 15 is 0 Å². The van der Waals surface area contributed by atoms with Gasteiger partial charge in [-0.3, -0.25) is 0 Å². The zero-order valence-corrected chi connectivity index (χ0v) is 21.0. The molecule has 0 aliphatic rings. The van der Waals surface area contributed by atoms with E-state index < -0.39 is 11.9 Å². The molecule has 0 spiro atoms. The number of hydrogen-bond acceptors (Lipinski definition) is 6. The first kappa shape index (κ1) is 24.3. The molecule has 192 valence electrons. The van der Waals surface area contributed by atoms with Crippen molar-refractivity contribution in [3.63, 3.8) is 0 Å². The lowest BCUT2D eigenvalue weighted by atomic mass is 9.94. The van der Waals surface area contributed by atoms with Crippen molar-refractivity contribution in [3.8, 4) is 16.8 Å². The van der Waals surface area contributed by atoms with Crippen molar-refractivity contribution in [1.29, 1.82) is 0 Å². The van der Waals surface area contributed by atoms with Gasteiger partial charge < -0.3 is 15.3 Å². The first-order chi connectivity index (χ1) is 19.0. The maximum atomic E-state index is 13.6. The number of fused-ring (bicyclic) bond motifs is 1. The normalized spacial score (nSPS) is 12.0. The van der Waals surface area contributed by atoms with Gasteiger partial charge in [-0.2, -0.15) is 9.41 Å². The van der Waals surface area contributed by atoms with Gasteiger partial charge in [-0.05, 0) is 64.9 Å². The number of rotatable bonds is 7. The van der Waals surface area contributed by atoms with Crippen LogP contribution in [0.25, 0.3) is 27.8 Å². The van der Waals surface area contributed by atoms with Crippen molar-refractivity contribution in [2.75, 3.05) is 0 Å². The van der Waals surface area contributed by atoms with E-state index in [2.05, 4.69) is 20.5 Å². The third-order valence-electron chi connectivity index (χ3n) is 6.53. The van der Waals surface area contributed by atoms with Gasteiger partial charge in [0.05, 0.1) is 22.3 Å². The number of halogens is 1. The Morgan fingerprint density at radius 1 is 1.08 bits per heavy atom. The molecule has 0 fully saturated rings. The summed E-state index contributed by atoms with van der Waals surface area (Å²) in [7, 11) is 0. The van der Waals surface area contributed by atoms with Gasteiger partial charge in [0.1, 0.15) is 18.1 Å². The van der Waals surface area contributed by atoms with Gasteiger partial charge in [0.2, 0.25) is 5.69 Å². The summed E-state index contributed by atoms with van der Waals surface area (Å²) < 4.78 is 2.34. The number of nitrogens with one attached hydrogen (secondary N) is 1. The van der Waals surface area contributed by atoms with Crippen molar-refractivity contribution in [2.45, 2.75) is 12.3 Å². The third kappa shape index (κ3) is 4.80. The SMILES string of the molecule is O=C(O)c1ccc2[nH]c([C@H](Cc3ccccc3)c3ccc(-c4cc(Cl)ccc4-n4cnnn4)c[n+]3[O-])nc2c1. The molecule has 0 aliphatic heterocycles. The van der Waals surface area contributed by atoms with Gasteiger partial charge in [0, 0.05) is 22.2 Å². The summed E-state index contributed by atoms with van der Waals surface area (Å²) in [4.78, 5) is 19.4. The van der Waals surface area contributed by atoms with Gasteiger partial charge in [-0.15, -0.1) is 5.10 Å². The minimum Gasteiger partial charge on any atom is -0.618 e. The molecule has 2 N–H and O–H groups in total. The number of hydrogen-bond donors (Lipinski definition) is 2. The second kappa shape index (κ2) is 9.99. The minimum absolute atomic E-state index is 0.142. The van der Waals surface area contributed by atoms with Crippen molar-refractivity contribution >= 4 is 28.6 Å². The Morgan fingerprint density at radius 3 is 2.67 bits per heavy atom. The van der Waals surface area contributed by atoms with Crippen molar-refractivity contribution in [2.24, 2.45) is 0 Å².